The van der Waals surface area contributed by atoms with Gasteiger partial charge in [0.25, 0.3) is 0 Å². The van der Waals surface area contributed by atoms with Crippen LogP contribution in [0.4, 0.5) is 5.82 Å². The third-order valence-electron chi connectivity index (χ3n) is 1.33. The van der Waals surface area contributed by atoms with E-state index < -0.39 is 0 Å². The van der Waals surface area contributed by atoms with Gasteiger partial charge in [-0.1, -0.05) is 0 Å². The smallest absolute Gasteiger partial charge is 0.245 e. The van der Waals surface area contributed by atoms with Gasteiger partial charge in [0, 0.05) is 14.1 Å². The molecule has 0 atom stereocenters. The lowest BCUT2D eigenvalue weighted by Gasteiger charge is -2.08. The van der Waals surface area contributed by atoms with E-state index in [4.69, 9.17) is 5.73 Å². The van der Waals surface area contributed by atoms with Crippen molar-refractivity contribution < 1.29 is 4.79 Å². The molecule has 0 bridgehead atoms. The summed E-state index contributed by atoms with van der Waals surface area (Å²) < 4.78 is 0. The zero-order valence-electron chi connectivity index (χ0n) is 7.06. The summed E-state index contributed by atoms with van der Waals surface area (Å²) in [7, 11) is 3.35. The zero-order valence-corrected chi connectivity index (χ0v) is 7.06. The predicted molar refractivity (Wildman–Crippen MR) is 43.1 cm³/mol. The van der Waals surface area contributed by atoms with E-state index in [-0.39, 0.29) is 12.5 Å². The number of carbonyl (C=O) groups excluding carboxylic acids is 1. The van der Waals surface area contributed by atoms with E-state index in [2.05, 4.69) is 10.2 Å². The van der Waals surface area contributed by atoms with Crippen LogP contribution in [0.15, 0.2) is 6.20 Å². The van der Waals surface area contributed by atoms with Crippen molar-refractivity contribution in [1.29, 1.82) is 0 Å². The molecule has 1 aromatic rings. The number of hydrogen-bond donors (Lipinski definition) is 1. The standard InChI is InChI=1S/C6H11N5O/c1-10(2)6(12)4-11-8-3-5(7)9-11/h3H,4H2,1-2H3,(H2,7,9). The molecular weight excluding hydrogens is 158 g/mol. The minimum absolute atomic E-state index is 0.0643. The number of nitrogen functional groups attached to an aromatic ring is 1. The first-order chi connectivity index (χ1) is 5.59. The summed E-state index contributed by atoms with van der Waals surface area (Å²) in [6.45, 7) is 0.129. The van der Waals surface area contributed by atoms with Crippen molar-refractivity contribution in [3.8, 4) is 0 Å². The second-order valence-electron chi connectivity index (χ2n) is 2.59. The molecule has 66 valence electrons. The number of anilines is 1. The molecule has 0 unspecified atom stereocenters. The molecule has 0 aliphatic carbocycles. The second-order valence-corrected chi connectivity index (χ2v) is 2.59. The Balaban J connectivity index is 2.58. The molecule has 6 nitrogen and oxygen atoms in total. The Morgan fingerprint density at radius 3 is 2.83 bits per heavy atom. The van der Waals surface area contributed by atoms with Crippen molar-refractivity contribution >= 4 is 11.7 Å². The fourth-order valence-corrected chi connectivity index (χ4v) is 0.649. The van der Waals surface area contributed by atoms with Gasteiger partial charge in [0.2, 0.25) is 5.91 Å². The average Bonchev–Trinajstić information content (AvgIpc) is 2.35. The number of nitrogens with two attached hydrogens (primary N) is 1. The van der Waals surface area contributed by atoms with Crippen LogP contribution in [0.25, 0.3) is 0 Å². The van der Waals surface area contributed by atoms with Crippen LogP contribution in [0.5, 0.6) is 0 Å². The molecule has 1 rings (SSSR count). The second kappa shape index (κ2) is 3.21. The normalized spacial score (nSPS) is 9.83. The number of likely N-dealkylation sites (N-methyl/N-ethyl adjacent to an activating group) is 1. The van der Waals surface area contributed by atoms with Crippen LogP contribution < -0.4 is 5.73 Å². The van der Waals surface area contributed by atoms with Crippen LogP contribution in [0.2, 0.25) is 0 Å². The summed E-state index contributed by atoms with van der Waals surface area (Å²) in [4.78, 5) is 13.8. The molecule has 0 fully saturated rings. The van der Waals surface area contributed by atoms with Crippen molar-refractivity contribution in [2.45, 2.75) is 6.54 Å². The quantitative estimate of drug-likeness (QED) is 0.612. The van der Waals surface area contributed by atoms with Gasteiger partial charge >= 0.3 is 0 Å². The molecule has 0 saturated heterocycles. The van der Waals surface area contributed by atoms with Gasteiger partial charge in [0.05, 0.1) is 6.20 Å². The molecule has 0 saturated carbocycles. The lowest BCUT2D eigenvalue weighted by molar-refractivity contribution is -0.129. The van der Waals surface area contributed by atoms with Crippen molar-refractivity contribution in [1.82, 2.24) is 19.9 Å². The van der Waals surface area contributed by atoms with Gasteiger partial charge in [0.15, 0.2) is 5.82 Å². The minimum Gasteiger partial charge on any atom is -0.381 e. The van der Waals surface area contributed by atoms with Gasteiger partial charge in [0.1, 0.15) is 6.54 Å². The minimum atomic E-state index is -0.0643. The maximum atomic E-state index is 11.1. The Morgan fingerprint density at radius 1 is 1.75 bits per heavy atom. The van der Waals surface area contributed by atoms with Crippen LogP contribution in [0.1, 0.15) is 0 Å². The van der Waals surface area contributed by atoms with Gasteiger partial charge < -0.3 is 10.6 Å². The van der Waals surface area contributed by atoms with Crippen LogP contribution >= 0.6 is 0 Å². The molecule has 1 heterocycles. The lowest BCUT2D eigenvalue weighted by atomic mass is 10.6. The molecule has 2 N–H and O–H groups in total. The summed E-state index contributed by atoms with van der Waals surface area (Å²) in [5, 5.41) is 7.54. The molecular formula is C6H11N5O. The summed E-state index contributed by atoms with van der Waals surface area (Å²) in [6, 6.07) is 0. The Labute approximate surface area is 69.9 Å². The number of aromatic nitrogens is 3. The van der Waals surface area contributed by atoms with E-state index >= 15 is 0 Å². The van der Waals surface area contributed by atoms with E-state index in [0.717, 1.165) is 0 Å². The number of amides is 1. The Morgan fingerprint density at radius 2 is 2.42 bits per heavy atom. The van der Waals surface area contributed by atoms with Crippen LogP contribution in [0.3, 0.4) is 0 Å². The van der Waals surface area contributed by atoms with Gasteiger partial charge in [-0.25, -0.2) is 0 Å². The maximum Gasteiger partial charge on any atom is 0.245 e. The molecule has 1 amide bonds. The highest BCUT2D eigenvalue weighted by Crippen LogP contribution is 1.91. The maximum absolute atomic E-state index is 11.1. The lowest BCUT2D eigenvalue weighted by Crippen LogP contribution is -2.27. The summed E-state index contributed by atoms with van der Waals surface area (Å²) >= 11 is 0. The topological polar surface area (TPSA) is 77.0 Å². The number of rotatable bonds is 2. The highest BCUT2D eigenvalue weighted by Gasteiger charge is 2.06. The molecule has 6 heteroatoms. The van der Waals surface area contributed by atoms with E-state index in [1.165, 1.54) is 15.9 Å². The SMILES string of the molecule is CN(C)C(=O)Cn1ncc(N)n1. The molecule has 0 radical (unpaired) electrons. The molecule has 0 aliphatic rings. The van der Waals surface area contributed by atoms with Gasteiger partial charge in [-0.3, -0.25) is 4.79 Å². The zero-order chi connectivity index (χ0) is 9.14. The summed E-state index contributed by atoms with van der Waals surface area (Å²) in [5.74, 6) is 0.257. The number of hydrogen-bond acceptors (Lipinski definition) is 4. The van der Waals surface area contributed by atoms with E-state index in [0.29, 0.717) is 5.82 Å². The average molecular weight is 169 g/mol. The first-order valence-electron chi connectivity index (χ1n) is 3.45. The van der Waals surface area contributed by atoms with Crippen LogP contribution in [-0.2, 0) is 11.3 Å². The Kier molecular flexibility index (Phi) is 2.27. The fourth-order valence-electron chi connectivity index (χ4n) is 0.649. The first kappa shape index (κ1) is 8.51. The molecule has 1 aromatic heterocycles. The molecule has 0 aromatic carbocycles. The predicted octanol–water partition coefficient (Wildman–Crippen LogP) is -1.05. The van der Waals surface area contributed by atoms with Crippen molar-refractivity contribution in [3.63, 3.8) is 0 Å². The van der Waals surface area contributed by atoms with E-state index in [1.54, 1.807) is 14.1 Å². The summed E-state index contributed by atoms with van der Waals surface area (Å²) in [6.07, 6.45) is 1.41. The third-order valence-corrected chi connectivity index (χ3v) is 1.33. The largest absolute Gasteiger partial charge is 0.381 e. The first-order valence-corrected chi connectivity index (χ1v) is 3.45. The van der Waals surface area contributed by atoms with E-state index in [1.807, 2.05) is 0 Å². The fraction of sp³-hybridized carbons (Fsp3) is 0.500. The van der Waals surface area contributed by atoms with Crippen molar-refractivity contribution in [3.05, 3.63) is 6.20 Å². The Hall–Kier alpha value is -1.59. The Bertz CT molecular complexity index is 279. The van der Waals surface area contributed by atoms with E-state index in [9.17, 15) is 4.79 Å². The van der Waals surface area contributed by atoms with Gasteiger partial charge in [-0.05, 0) is 0 Å². The monoisotopic (exact) mass is 169 g/mol. The highest BCUT2D eigenvalue weighted by molar-refractivity contribution is 5.75. The van der Waals surface area contributed by atoms with Crippen molar-refractivity contribution in [2.75, 3.05) is 19.8 Å². The number of nitrogens with zero attached hydrogens (tertiary/aromatic N) is 4. The number of carbonyl (C=O) groups is 1. The third kappa shape index (κ3) is 1.94. The van der Waals surface area contributed by atoms with Gasteiger partial charge in [-0.15, -0.1) is 5.10 Å². The molecule has 0 aliphatic heterocycles. The van der Waals surface area contributed by atoms with Crippen LogP contribution in [-0.4, -0.2) is 39.9 Å². The highest BCUT2D eigenvalue weighted by atomic mass is 16.2. The van der Waals surface area contributed by atoms with Gasteiger partial charge in [-0.2, -0.15) is 9.90 Å². The molecule has 12 heavy (non-hydrogen) atoms. The summed E-state index contributed by atoms with van der Waals surface area (Å²) in [5.41, 5.74) is 5.31. The molecule has 0 spiro atoms. The van der Waals surface area contributed by atoms with Crippen LogP contribution in [0, 0.1) is 0 Å². The van der Waals surface area contributed by atoms with Crippen molar-refractivity contribution in [2.24, 2.45) is 0 Å².